The summed E-state index contributed by atoms with van der Waals surface area (Å²) in [6, 6.07) is 0. The quantitative estimate of drug-likeness (QED) is 0.785. The van der Waals surface area contributed by atoms with Gasteiger partial charge in [0.25, 0.3) is 0 Å². The van der Waals surface area contributed by atoms with Crippen LogP contribution in [0.5, 0.6) is 0 Å². The first-order valence-corrected chi connectivity index (χ1v) is 6.45. The van der Waals surface area contributed by atoms with E-state index in [-0.39, 0.29) is 5.91 Å². The summed E-state index contributed by atoms with van der Waals surface area (Å²) in [6.07, 6.45) is 0.588. The second-order valence-electron chi connectivity index (χ2n) is 2.83. The van der Waals surface area contributed by atoms with Crippen LogP contribution in [0.2, 0.25) is 0 Å². The number of nitrogens with one attached hydrogen (secondary N) is 1. The van der Waals surface area contributed by atoms with Gasteiger partial charge in [0, 0.05) is 30.4 Å². The van der Waals surface area contributed by atoms with Gasteiger partial charge in [0.2, 0.25) is 5.91 Å². The molecular formula is C9H14N2OS2. The number of amides is 1. The monoisotopic (exact) mass is 230 g/mol. The lowest BCUT2D eigenvalue weighted by Gasteiger charge is -1.98. The Morgan fingerprint density at radius 1 is 1.71 bits per heavy atom. The zero-order valence-electron chi connectivity index (χ0n) is 8.37. The topological polar surface area (TPSA) is 42.0 Å². The first-order chi connectivity index (χ1) is 6.72. The van der Waals surface area contributed by atoms with Crippen molar-refractivity contribution in [2.45, 2.75) is 19.1 Å². The molecular weight excluding hydrogens is 216 g/mol. The van der Waals surface area contributed by atoms with Crippen LogP contribution in [-0.4, -0.2) is 23.7 Å². The van der Waals surface area contributed by atoms with Crippen molar-refractivity contribution in [3.63, 3.8) is 0 Å². The van der Waals surface area contributed by atoms with Gasteiger partial charge in [-0.3, -0.25) is 4.79 Å². The molecule has 0 aromatic carbocycles. The Bertz CT molecular complexity index is 299. The minimum Gasteiger partial charge on any atom is -0.359 e. The lowest BCUT2D eigenvalue weighted by Crippen LogP contribution is -2.17. The van der Waals surface area contributed by atoms with Gasteiger partial charge in [-0.2, -0.15) is 11.8 Å². The van der Waals surface area contributed by atoms with Crippen molar-refractivity contribution in [1.82, 2.24) is 10.3 Å². The third-order valence-electron chi connectivity index (χ3n) is 1.67. The molecule has 14 heavy (non-hydrogen) atoms. The molecule has 0 saturated heterocycles. The predicted molar refractivity (Wildman–Crippen MR) is 61.7 cm³/mol. The van der Waals surface area contributed by atoms with Crippen LogP contribution in [0.4, 0.5) is 0 Å². The highest BCUT2D eigenvalue weighted by Crippen LogP contribution is 2.15. The van der Waals surface area contributed by atoms with Crippen molar-refractivity contribution in [2.75, 3.05) is 12.8 Å². The molecule has 1 N–H and O–H groups in total. The fourth-order valence-electron chi connectivity index (χ4n) is 0.941. The van der Waals surface area contributed by atoms with Crippen LogP contribution in [0, 0.1) is 6.92 Å². The molecule has 1 amide bonds. The van der Waals surface area contributed by atoms with E-state index in [1.54, 1.807) is 30.1 Å². The van der Waals surface area contributed by atoms with Crippen LogP contribution < -0.4 is 5.32 Å². The Kier molecular flexibility index (Phi) is 4.97. The molecule has 0 aliphatic carbocycles. The van der Waals surface area contributed by atoms with E-state index in [1.807, 2.05) is 6.92 Å². The third-order valence-corrected chi connectivity index (χ3v) is 3.48. The maximum atomic E-state index is 10.9. The van der Waals surface area contributed by atoms with Crippen molar-refractivity contribution < 1.29 is 4.79 Å². The molecule has 1 aromatic rings. The molecule has 0 radical (unpaired) electrons. The maximum absolute atomic E-state index is 10.9. The summed E-state index contributed by atoms with van der Waals surface area (Å²) in [4.78, 5) is 15.2. The summed E-state index contributed by atoms with van der Waals surface area (Å²) in [5, 5.41) is 5.78. The number of thioether (sulfide) groups is 1. The highest BCUT2D eigenvalue weighted by Gasteiger charge is 2.00. The van der Waals surface area contributed by atoms with Gasteiger partial charge < -0.3 is 5.32 Å². The molecule has 0 bridgehead atoms. The van der Waals surface area contributed by atoms with E-state index in [0.717, 1.165) is 22.2 Å². The van der Waals surface area contributed by atoms with Crippen molar-refractivity contribution in [2.24, 2.45) is 0 Å². The van der Waals surface area contributed by atoms with E-state index in [1.165, 1.54) is 0 Å². The summed E-state index contributed by atoms with van der Waals surface area (Å²) in [5.41, 5.74) is 1.12. The number of rotatable bonds is 5. The predicted octanol–water partition coefficient (Wildman–Crippen LogP) is 1.82. The molecule has 0 fully saturated rings. The van der Waals surface area contributed by atoms with Crippen LogP contribution in [0.25, 0.3) is 0 Å². The molecule has 0 aliphatic rings. The Labute approximate surface area is 92.3 Å². The van der Waals surface area contributed by atoms with Gasteiger partial charge in [0.1, 0.15) is 0 Å². The molecule has 0 aliphatic heterocycles. The van der Waals surface area contributed by atoms with E-state index < -0.39 is 0 Å². The summed E-state index contributed by atoms with van der Waals surface area (Å²) in [7, 11) is 1.66. The molecule has 1 rings (SSSR count). The van der Waals surface area contributed by atoms with E-state index in [9.17, 15) is 4.79 Å². The lowest BCUT2D eigenvalue weighted by molar-refractivity contribution is -0.120. The minimum atomic E-state index is 0.104. The number of aryl methyl sites for hydroxylation is 1. The highest BCUT2D eigenvalue weighted by atomic mass is 32.2. The standard InChI is InChI=1S/C9H14N2OS2/c1-7-11-8(6-14-7)5-13-4-3-9(12)10-2/h6H,3-5H2,1-2H3,(H,10,12). The Morgan fingerprint density at radius 3 is 3.07 bits per heavy atom. The van der Waals surface area contributed by atoms with Gasteiger partial charge >= 0.3 is 0 Å². The molecule has 1 heterocycles. The Balaban J connectivity index is 2.13. The zero-order chi connectivity index (χ0) is 10.4. The van der Waals surface area contributed by atoms with Crippen molar-refractivity contribution in [3.8, 4) is 0 Å². The Hall–Kier alpha value is -0.550. The van der Waals surface area contributed by atoms with Gasteiger partial charge in [-0.15, -0.1) is 11.3 Å². The van der Waals surface area contributed by atoms with E-state index in [4.69, 9.17) is 0 Å². The SMILES string of the molecule is CNC(=O)CCSCc1csc(C)n1. The number of hydrogen-bond acceptors (Lipinski definition) is 4. The fourth-order valence-corrected chi connectivity index (χ4v) is 2.49. The fraction of sp³-hybridized carbons (Fsp3) is 0.556. The number of hydrogen-bond donors (Lipinski definition) is 1. The van der Waals surface area contributed by atoms with Crippen LogP contribution in [0.1, 0.15) is 17.1 Å². The van der Waals surface area contributed by atoms with Crippen LogP contribution in [0.15, 0.2) is 5.38 Å². The molecule has 78 valence electrons. The summed E-state index contributed by atoms with van der Waals surface area (Å²) in [6.45, 7) is 2.00. The number of thiazole rings is 1. The van der Waals surface area contributed by atoms with Crippen LogP contribution in [0.3, 0.4) is 0 Å². The molecule has 1 aromatic heterocycles. The Morgan fingerprint density at radius 2 is 2.50 bits per heavy atom. The zero-order valence-corrected chi connectivity index (χ0v) is 10.0. The largest absolute Gasteiger partial charge is 0.359 e. The molecule has 0 saturated carbocycles. The van der Waals surface area contributed by atoms with Gasteiger partial charge in [0.05, 0.1) is 10.7 Å². The highest BCUT2D eigenvalue weighted by molar-refractivity contribution is 7.98. The normalized spacial score (nSPS) is 10.1. The average Bonchev–Trinajstić information content (AvgIpc) is 2.58. The first-order valence-electron chi connectivity index (χ1n) is 4.41. The molecule has 0 atom stereocenters. The second-order valence-corrected chi connectivity index (χ2v) is 5.00. The van der Waals surface area contributed by atoms with Gasteiger partial charge in [-0.25, -0.2) is 4.98 Å². The van der Waals surface area contributed by atoms with E-state index >= 15 is 0 Å². The average molecular weight is 230 g/mol. The molecule has 0 unspecified atom stereocenters. The molecule has 0 spiro atoms. The van der Waals surface area contributed by atoms with Gasteiger partial charge in [-0.05, 0) is 6.92 Å². The number of nitrogens with zero attached hydrogens (tertiary/aromatic N) is 1. The lowest BCUT2D eigenvalue weighted by atomic mass is 10.5. The number of carbonyl (C=O) groups excluding carboxylic acids is 1. The van der Waals surface area contributed by atoms with Gasteiger partial charge in [0.15, 0.2) is 0 Å². The number of aromatic nitrogens is 1. The van der Waals surface area contributed by atoms with Crippen LogP contribution in [-0.2, 0) is 10.5 Å². The van der Waals surface area contributed by atoms with Crippen molar-refractivity contribution in [3.05, 3.63) is 16.1 Å². The molecule has 3 nitrogen and oxygen atoms in total. The summed E-state index contributed by atoms with van der Waals surface area (Å²) in [5.74, 6) is 1.87. The van der Waals surface area contributed by atoms with E-state index in [0.29, 0.717) is 6.42 Å². The van der Waals surface area contributed by atoms with Crippen molar-refractivity contribution in [1.29, 1.82) is 0 Å². The second kappa shape index (κ2) is 6.03. The number of carbonyl (C=O) groups is 1. The smallest absolute Gasteiger partial charge is 0.220 e. The maximum Gasteiger partial charge on any atom is 0.220 e. The molecule has 5 heteroatoms. The van der Waals surface area contributed by atoms with Crippen LogP contribution >= 0.6 is 23.1 Å². The van der Waals surface area contributed by atoms with Gasteiger partial charge in [-0.1, -0.05) is 0 Å². The minimum absolute atomic E-state index is 0.104. The summed E-state index contributed by atoms with van der Waals surface area (Å²) >= 11 is 3.42. The first kappa shape index (κ1) is 11.5. The van der Waals surface area contributed by atoms with E-state index in [2.05, 4.69) is 15.7 Å². The summed E-state index contributed by atoms with van der Waals surface area (Å²) < 4.78 is 0. The van der Waals surface area contributed by atoms with Crippen molar-refractivity contribution >= 4 is 29.0 Å². The third kappa shape index (κ3) is 4.11.